The number of fused-ring (bicyclic) bond motifs is 1. The fourth-order valence-electron chi connectivity index (χ4n) is 2.34. The zero-order valence-electron chi connectivity index (χ0n) is 9.60. The third kappa shape index (κ3) is 2.16. The summed E-state index contributed by atoms with van der Waals surface area (Å²) in [5, 5.41) is 8.73. The number of rotatable bonds is 3. The molecule has 1 N–H and O–H groups in total. The molecule has 0 saturated carbocycles. The topological polar surface area (TPSA) is 63.6 Å². The highest BCUT2D eigenvalue weighted by molar-refractivity contribution is 6.33. The summed E-state index contributed by atoms with van der Waals surface area (Å²) in [5.41, 5.74) is 2.12. The third-order valence-electron chi connectivity index (χ3n) is 3.24. The lowest BCUT2D eigenvalue weighted by atomic mass is 9.81. The van der Waals surface area contributed by atoms with E-state index in [9.17, 15) is 9.59 Å². The molecule has 0 heterocycles. The van der Waals surface area contributed by atoms with E-state index in [4.69, 9.17) is 9.84 Å². The van der Waals surface area contributed by atoms with Crippen LogP contribution in [-0.2, 0) is 22.4 Å². The molecule has 0 aromatic heterocycles. The van der Waals surface area contributed by atoms with Crippen molar-refractivity contribution in [2.24, 2.45) is 5.92 Å². The molecule has 1 aromatic carbocycles. The average molecular weight is 234 g/mol. The Kier molecular flexibility index (Phi) is 3.13. The van der Waals surface area contributed by atoms with E-state index < -0.39 is 17.7 Å². The van der Waals surface area contributed by atoms with E-state index in [2.05, 4.69) is 0 Å². The number of carbonyl (C=O) groups is 2. The van der Waals surface area contributed by atoms with E-state index in [0.717, 1.165) is 23.3 Å². The van der Waals surface area contributed by atoms with Gasteiger partial charge in [0, 0.05) is 5.92 Å². The Labute approximate surface area is 99.2 Å². The normalized spacial score (nSPS) is 18.3. The van der Waals surface area contributed by atoms with E-state index in [-0.39, 0.29) is 0 Å². The molecule has 1 atom stereocenters. The van der Waals surface area contributed by atoms with Crippen molar-refractivity contribution in [2.45, 2.75) is 19.3 Å². The van der Waals surface area contributed by atoms with E-state index in [0.29, 0.717) is 12.8 Å². The van der Waals surface area contributed by atoms with E-state index >= 15 is 0 Å². The minimum atomic E-state index is -1.34. The van der Waals surface area contributed by atoms with Crippen molar-refractivity contribution < 1.29 is 19.4 Å². The second kappa shape index (κ2) is 4.57. The van der Waals surface area contributed by atoms with Crippen LogP contribution in [0.4, 0.5) is 0 Å². The Bertz CT molecular complexity index is 450. The number of aliphatic carboxylic acids is 1. The lowest BCUT2D eigenvalue weighted by Gasteiger charge is -2.23. The predicted octanol–water partition coefficient (Wildman–Crippen LogP) is 1.45. The summed E-state index contributed by atoms with van der Waals surface area (Å²) < 4.78 is 5.24. The van der Waals surface area contributed by atoms with Crippen molar-refractivity contribution in [3.63, 3.8) is 0 Å². The lowest BCUT2D eigenvalue weighted by Crippen LogP contribution is -2.28. The summed E-state index contributed by atoms with van der Waals surface area (Å²) in [6.07, 6.45) is 1.80. The molecule has 90 valence electrons. The van der Waals surface area contributed by atoms with Gasteiger partial charge in [-0.3, -0.25) is 4.79 Å². The van der Waals surface area contributed by atoms with Crippen LogP contribution in [0.3, 0.4) is 0 Å². The molecule has 0 radical (unpaired) electrons. The van der Waals surface area contributed by atoms with Crippen molar-refractivity contribution in [1.82, 2.24) is 0 Å². The lowest BCUT2D eigenvalue weighted by molar-refractivity contribution is -0.151. The van der Waals surface area contributed by atoms with Crippen LogP contribution in [0.5, 0.6) is 5.75 Å². The van der Waals surface area contributed by atoms with Gasteiger partial charge in [-0.05, 0) is 36.5 Å². The second-order valence-corrected chi connectivity index (χ2v) is 4.21. The number of carbonyl (C=O) groups excluding carboxylic acids is 1. The first kappa shape index (κ1) is 11.6. The van der Waals surface area contributed by atoms with Crippen molar-refractivity contribution in [3.8, 4) is 5.75 Å². The number of carboxylic acid groups (broad SMARTS) is 1. The Morgan fingerprint density at radius 1 is 1.41 bits per heavy atom. The summed E-state index contributed by atoms with van der Waals surface area (Å²) in [7, 11) is 1.58. The number of hydrogen-bond donors (Lipinski definition) is 1. The van der Waals surface area contributed by atoms with Crippen LogP contribution in [0.15, 0.2) is 18.2 Å². The smallest absolute Gasteiger partial charge is 0.372 e. The van der Waals surface area contributed by atoms with Crippen LogP contribution >= 0.6 is 0 Å². The van der Waals surface area contributed by atoms with Crippen LogP contribution in [-0.4, -0.2) is 24.0 Å². The van der Waals surface area contributed by atoms with Gasteiger partial charge in [0.15, 0.2) is 0 Å². The van der Waals surface area contributed by atoms with Crippen molar-refractivity contribution in [3.05, 3.63) is 29.3 Å². The van der Waals surface area contributed by atoms with Gasteiger partial charge in [0.25, 0.3) is 0 Å². The molecule has 0 fully saturated rings. The number of aryl methyl sites for hydroxylation is 1. The minimum absolute atomic E-state index is 0.420. The van der Waals surface area contributed by atoms with E-state index in [1.165, 1.54) is 0 Å². The largest absolute Gasteiger partial charge is 0.496 e. The van der Waals surface area contributed by atoms with Crippen molar-refractivity contribution >= 4 is 11.8 Å². The highest BCUT2D eigenvalue weighted by Gasteiger charge is 2.30. The van der Waals surface area contributed by atoms with E-state index in [1.54, 1.807) is 7.11 Å². The molecule has 17 heavy (non-hydrogen) atoms. The number of ketones is 1. The molecule has 1 aliphatic rings. The molecule has 0 spiro atoms. The summed E-state index contributed by atoms with van der Waals surface area (Å²) >= 11 is 0. The SMILES string of the molecule is COc1cccc2c1CC(C(=O)C(=O)O)CC2. The summed E-state index contributed by atoms with van der Waals surface area (Å²) in [4.78, 5) is 22.2. The fourth-order valence-corrected chi connectivity index (χ4v) is 2.34. The highest BCUT2D eigenvalue weighted by Crippen LogP contribution is 2.32. The first-order valence-corrected chi connectivity index (χ1v) is 5.55. The zero-order chi connectivity index (χ0) is 12.4. The Balaban J connectivity index is 2.28. The minimum Gasteiger partial charge on any atom is -0.496 e. The molecule has 1 unspecified atom stereocenters. The maximum Gasteiger partial charge on any atom is 0.372 e. The van der Waals surface area contributed by atoms with Gasteiger partial charge in [-0.25, -0.2) is 4.79 Å². The molecule has 4 heteroatoms. The molecule has 1 aliphatic carbocycles. The standard InChI is InChI=1S/C13H14O4/c1-17-11-4-2-3-8-5-6-9(7-10(8)11)12(14)13(15)16/h2-4,9H,5-7H2,1H3,(H,15,16). The Morgan fingerprint density at radius 3 is 2.82 bits per heavy atom. The van der Waals surface area contributed by atoms with Crippen LogP contribution < -0.4 is 4.74 Å². The Morgan fingerprint density at radius 2 is 2.18 bits per heavy atom. The van der Waals surface area contributed by atoms with E-state index in [1.807, 2.05) is 18.2 Å². The van der Waals surface area contributed by atoms with Gasteiger partial charge in [0.2, 0.25) is 5.78 Å². The summed E-state index contributed by atoms with van der Waals surface area (Å²) in [5.74, 6) is -1.71. The maximum absolute atomic E-state index is 11.5. The molecular formula is C13H14O4. The van der Waals surface area contributed by atoms with Gasteiger partial charge >= 0.3 is 5.97 Å². The number of Topliss-reactive ketones (excluding diaryl/α,β-unsaturated/α-hetero) is 1. The van der Waals surface area contributed by atoms with Gasteiger partial charge in [-0.1, -0.05) is 12.1 Å². The number of ether oxygens (including phenoxy) is 1. The van der Waals surface area contributed by atoms with Crippen molar-refractivity contribution in [1.29, 1.82) is 0 Å². The summed E-state index contributed by atoms with van der Waals surface area (Å²) in [6, 6.07) is 5.75. The molecule has 1 aromatic rings. The quantitative estimate of drug-likeness (QED) is 0.804. The molecule has 0 bridgehead atoms. The fraction of sp³-hybridized carbons (Fsp3) is 0.385. The predicted molar refractivity (Wildman–Crippen MR) is 61.2 cm³/mol. The third-order valence-corrected chi connectivity index (χ3v) is 3.24. The van der Waals surface area contributed by atoms with Crippen LogP contribution in [0.2, 0.25) is 0 Å². The molecule has 0 aliphatic heterocycles. The monoisotopic (exact) mass is 234 g/mol. The molecular weight excluding hydrogens is 220 g/mol. The second-order valence-electron chi connectivity index (χ2n) is 4.21. The van der Waals surface area contributed by atoms with Gasteiger partial charge in [-0.2, -0.15) is 0 Å². The first-order valence-electron chi connectivity index (χ1n) is 5.55. The zero-order valence-corrected chi connectivity index (χ0v) is 9.60. The van der Waals surface area contributed by atoms with Gasteiger partial charge in [0.05, 0.1) is 7.11 Å². The number of carboxylic acids is 1. The highest BCUT2D eigenvalue weighted by atomic mass is 16.5. The maximum atomic E-state index is 11.5. The van der Waals surface area contributed by atoms with Crippen LogP contribution in [0.1, 0.15) is 17.5 Å². The first-order chi connectivity index (χ1) is 8.13. The number of benzene rings is 1. The molecule has 4 nitrogen and oxygen atoms in total. The number of hydrogen-bond acceptors (Lipinski definition) is 3. The van der Waals surface area contributed by atoms with Crippen molar-refractivity contribution in [2.75, 3.05) is 7.11 Å². The van der Waals surface area contributed by atoms with Gasteiger partial charge in [-0.15, -0.1) is 0 Å². The average Bonchev–Trinajstić information content (AvgIpc) is 2.36. The number of methoxy groups -OCH3 is 1. The molecule has 2 rings (SSSR count). The van der Waals surface area contributed by atoms with Crippen LogP contribution in [0.25, 0.3) is 0 Å². The van der Waals surface area contributed by atoms with Gasteiger partial charge < -0.3 is 9.84 Å². The molecule has 0 saturated heterocycles. The van der Waals surface area contributed by atoms with Crippen LogP contribution in [0, 0.1) is 5.92 Å². The Hall–Kier alpha value is -1.84. The molecule has 0 amide bonds. The van der Waals surface area contributed by atoms with Gasteiger partial charge in [0.1, 0.15) is 5.75 Å². The summed E-state index contributed by atoms with van der Waals surface area (Å²) in [6.45, 7) is 0.